The highest BCUT2D eigenvalue weighted by atomic mass is 32.2. The summed E-state index contributed by atoms with van der Waals surface area (Å²) in [4.78, 5) is 17.4. The Hall–Kier alpha value is -3.87. The molecule has 0 saturated heterocycles. The van der Waals surface area contributed by atoms with Crippen LogP contribution in [0.2, 0.25) is 0 Å². The molecule has 0 fully saturated rings. The fourth-order valence-corrected chi connectivity index (χ4v) is 5.45. The van der Waals surface area contributed by atoms with Crippen molar-refractivity contribution in [1.82, 2.24) is 8.96 Å². The van der Waals surface area contributed by atoms with Crippen LogP contribution in [0.1, 0.15) is 17.5 Å². The van der Waals surface area contributed by atoms with Gasteiger partial charge in [-0.15, -0.1) is 0 Å². The highest BCUT2D eigenvalue weighted by Crippen LogP contribution is 2.29. The van der Waals surface area contributed by atoms with Crippen LogP contribution in [0.4, 0.5) is 0 Å². The quantitative estimate of drug-likeness (QED) is 0.305. The number of carbonyl (C=O) groups is 1. The lowest BCUT2D eigenvalue weighted by Gasteiger charge is -2.11. The smallest absolute Gasteiger partial charge is 0.157 e. The van der Waals surface area contributed by atoms with Crippen molar-refractivity contribution in [2.24, 2.45) is 0 Å². The molecule has 0 aliphatic heterocycles. The molecule has 0 saturated carbocycles. The van der Waals surface area contributed by atoms with Crippen molar-refractivity contribution in [2.75, 3.05) is 0 Å². The topological polar surface area (TPSA) is 83.5 Å². The first-order valence-corrected chi connectivity index (χ1v) is 12.4. The lowest BCUT2D eigenvalue weighted by molar-refractivity contribution is -0.118. The van der Waals surface area contributed by atoms with E-state index in [2.05, 4.69) is 4.98 Å². The summed E-state index contributed by atoms with van der Waals surface area (Å²) in [7, 11) is -1.40. The van der Waals surface area contributed by atoms with E-state index >= 15 is 0 Å². The lowest BCUT2D eigenvalue weighted by Crippen LogP contribution is -2.06. The minimum absolute atomic E-state index is 0. The molecule has 35 heavy (non-hydrogen) atoms. The minimum atomic E-state index is -1.40. The molecular weight excluding hydrogens is 456 g/mol. The molecule has 176 valence electrons. The number of benzene rings is 3. The van der Waals surface area contributed by atoms with Gasteiger partial charge in [-0.1, -0.05) is 60.7 Å². The van der Waals surface area contributed by atoms with E-state index in [0.29, 0.717) is 19.3 Å². The van der Waals surface area contributed by atoms with E-state index < -0.39 is 11.0 Å². The Balaban J connectivity index is 0.00000289. The van der Waals surface area contributed by atoms with Crippen LogP contribution >= 0.6 is 0 Å². The zero-order valence-corrected chi connectivity index (χ0v) is 19.9. The summed E-state index contributed by atoms with van der Waals surface area (Å²) in [5.41, 5.74) is 4.92. The van der Waals surface area contributed by atoms with Gasteiger partial charge in [0.15, 0.2) is 11.0 Å². The van der Waals surface area contributed by atoms with E-state index in [-0.39, 0.29) is 11.3 Å². The second-order valence-corrected chi connectivity index (χ2v) is 9.55. The van der Waals surface area contributed by atoms with Gasteiger partial charge in [0.2, 0.25) is 0 Å². The highest BCUT2D eigenvalue weighted by molar-refractivity contribution is 7.83. The number of aryl methyl sites for hydroxylation is 1. The van der Waals surface area contributed by atoms with Crippen LogP contribution in [-0.2, 0) is 28.6 Å². The summed E-state index contributed by atoms with van der Waals surface area (Å²) in [6, 6.07) is 29.6. The van der Waals surface area contributed by atoms with E-state index in [0.717, 1.165) is 38.1 Å². The van der Waals surface area contributed by atoms with Crippen molar-refractivity contribution >= 4 is 27.7 Å². The van der Waals surface area contributed by atoms with Gasteiger partial charge in [-0.25, -0.2) is 4.21 Å². The zero-order chi connectivity index (χ0) is 23.3. The Bertz CT molecular complexity index is 1460. The molecule has 0 aliphatic rings. The van der Waals surface area contributed by atoms with Crippen LogP contribution in [0.5, 0.6) is 0 Å². The average Bonchev–Trinajstić information content (AvgIpc) is 3.31. The maximum atomic E-state index is 13.6. The minimum Gasteiger partial charge on any atom is -0.412 e. The monoisotopic (exact) mass is 482 g/mol. The first-order valence-electron chi connectivity index (χ1n) is 11.3. The molecule has 2 aromatic heterocycles. The number of pyridine rings is 1. The molecule has 2 N–H and O–H groups in total. The number of ketones is 1. The molecule has 0 radical (unpaired) electrons. The van der Waals surface area contributed by atoms with Gasteiger partial charge >= 0.3 is 0 Å². The maximum absolute atomic E-state index is 13.6. The van der Waals surface area contributed by atoms with Crippen LogP contribution in [0.3, 0.4) is 0 Å². The van der Waals surface area contributed by atoms with Gasteiger partial charge in [-0.05, 0) is 59.0 Å². The molecular formula is C29H26N2O3S. The first-order chi connectivity index (χ1) is 16.7. The molecule has 1 atom stereocenters. The average molecular weight is 483 g/mol. The summed E-state index contributed by atoms with van der Waals surface area (Å²) in [6.07, 6.45) is 6.98. The number of hydrogen-bond acceptors (Lipinski definition) is 3. The molecule has 3 aromatic carbocycles. The van der Waals surface area contributed by atoms with Crippen LogP contribution in [-0.4, -0.2) is 24.4 Å². The summed E-state index contributed by atoms with van der Waals surface area (Å²) < 4.78 is 15.4. The molecule has 1 unspecified atom stereocenters. The number of nitrogens with zero attached hydrogens (tertiary/aromatic N) is 2. The number of aromatic nitrogens is 2. The van der Waals surface area contributed by atoms with Crippen molar-refractivity contribution in [1.29, 1.82) is 0 Å². The molecule has 0 amide bonds. The molecule has 0 spiro atoms. The normalized spacial score (nSPS) is 11.7. The lowest BCUT2D eigenvalue weighted by atomic mass is 10.0. The summed E-state index contributed by atoms with van der Waals surface area (Å²) in [6.45, 7) is 0. The van der Waals surface area contributed by atoms with Gasteiger partial charge in [0.25, 0.3) is 0 Å². The van der Waals surface area contributed by atoms with Gasteiger partial charge in [0.1, 0.15) is 5.78 Å². The van der Waals surface area contributed by atoms with Gasteiger partial charge in [-0.2, -0.15) is 0 Å². The summed E-state index contributed by atoms with van der Waals surface area (Å²) >= 11 is 0. The van der Waals surface area contributed by atoms with Gasteiger partial charge in [0.05, 0.1) is 10.4 Å². The Morgan fingerprint density at radius 1 is 0.857 bits per heavy atom. The standard InChI is InChI=1S/C29H24N2O2S.H2O/c32-26(14-12-22-7-6-17-30-21-22)20-23-13-15-28-25(19-23)16-18-31(28)34(33)29-11-5-4-10-27(29)24-8-2-1-3-9-24;/h1-11,13,15-19,21H,12,14,20H2;1H2. The van der Waals surface area contributed by atoms with Crippen LogP contribution in [0.25, 0.3) is 22.0 Å². The molecule has 2 heterocycles. The molecule has 5 nitrogen and oxygen atoms in total. The van der Waals surface area contributed by atoms with E-state index in [9.17, 15) is 9.00 Å². The predicted octanol–water partition coefficient (Wildman–Crippen LogP) is 5.19. The number of rotatable bonds is 8. The van der Waals surface area contributed by atoms with Gasteiger partial charge < -0.3 is 5.48 Å². The van der Waals surface area contributed by atoms with Crippen LogP contribution in [0, 0.1) is 0 Å². The van der Waals surface area contributed by atoms with E-state index in [1.165, 1.54) is 0 Å². The summed E-state index contributed by atoms with van der Waals surface area (Å²) in [5.74, 6) is 0.197. The first kappa shape index (κ1) is 24.3. The number of fused-ring (bicyclic) bond motifs is 1. The maximum Gasteiger partial charge on any atom is 0.157 e. The second-order valence-electron chi connectivity index (χ2n) is 8.22. The van der Waals surface area contributed by atoms with E-state index in [1.54, 1.807) is 16.4 Å². The fraction of sp³-hybridized carbons (Fsp3) is 0.103. The Kier molecular flexibility index (Phi) is 7.65. The number of Topliss-reactive ketones (excluding diaryl/α,β-unsaturated/α-hetero) is 1. The van der Waals surface area contributed by atoms with Crippen molar-refractivity contribution in [3.63, 3.8) is 0 Å². The van der Waals surface area contributed by atoms with Crippen molar-refractivity contribution in [2.45, 2.75) is 24.2 Å². The van der Waals surface area contributed by atoms with Crippen LogP contribution < -0.4 is 0 Å². The van der Waals surface area contributed by atoms with Gasteiger partial charge in [0, 0.05) is 36.8 Å². The molecule has 6 heteroatoms. The largest absolute Gasteiger partial charge is 0.412 e. The third-order valence-electron chi connectivity index (χ3n) is 5.87. The van der Waals surface area contributed by atoms with E-state index in [4.69, 9.17) is 0 Å². The van der Waals surface area contributed by atoms with Crippen molar-refractivity contribution < 1.29 is 14.5 Å². The zero-order valence-electron chi connectivity index (χ0n) is 19.1. The SMILES string of the molecule is O.O=C(CCc1cccnc1)Cc1ccc2c(ccn2S(=O)c2ccccc2-c2ccccc2)c1. The third-order valence-corrected chi connectivity index (χ3v) is 7.28. The predicted molar refractivity (Wildman–Crippen MR) is 141 cm³/mol. The molecule has 0 aliphatic carbocycles. The summed E-state index contributed by atoms with van der Waals surface area (Å²) in [5, 5.41) is 0.975. The molecule has 0 bridgehead atoms. The Labute approximate surface area is 207 Å². The third kappa shape index (κ3) is 5.45. The second kappa shape index (κ2) is 11.0. The van der Waals surface area contributed by atoms with E-state index in [1.807, 2.05) is 97.2 Å². The number of hydrogen-bond donors (Lipinski definition) is 0. The molecule has 5 rings (SSSR count). The van der Waals surface area contributed by atoms with Crippen LogP contribution in [0.15, 0.2) is 114 Å². The Morgan fingerprint density at radius 3 is 2.46 bits per heavy atom. The van der Waals surface area contributed by atoms with Crippen molar-refractivity contribution in [3.05, 3.63) is 121 Å². The fourth-order valence-electron chi connectivity index (χ4n) is 4.15. The van der Waals surface area contributed by atoms with Crippen molar-refractivity contribution in [3.8, 4) is 11.1 Å². The van der Waals surface area contributed by atoms with Gasteiger partial charge in [-0.3, -0.25) is 13.8 Å². The molecule has 5 aromatic rings. The highest BCUT2D eigenvalue weighted by Gasteiger charge is 2.15. The Morgan fingerprint density at radius 2 is 1.66 bits per heavy atom. The number of carbonyl (C=O) groups excluding carboxylic acids is 1.